The number of rotatable bonds is 5. The number of carbonyl (C=O) groups excluding carboxylic acids is 1. The molecule has 2 N–H and O–H groups in total. The van der Waals surface area contributed by atoms with Gasteiger partial charge in [0, 0.05) is 18.2 Å². The molecule has 6 nitrogen and oxygen atoms in total. The molecule has 0 heterocycles. The van der Waals surface area contributed by atoms with E-state index in [0.29, 0.717) is 6.54 Å². The second-order valence-corrected chi connectivity index (χ2v) is 4.74. The Labute approximate surface area is 117 Å². The lowest BCUT2D eigenvalue weighted by molar-refractivity contribution is -0.384. The molecular formula is C14H17N3O3. The molecule has 20 heavy (non-hydrogen) atoms. The van der Waals surface area contributed by atoms with Gasteiger partial charge in [0.25, 0.3) is 11.6 Å². The third kappa shape index (κ3) is 3.72. The summed E-state index contributed by atoms with van der Waals surface area (Å²) in [4.78, 5) is 22.3. The van der Waals surface area contributed by atoms with Crippen LogP contribution in [0.4, 0.5) is 11.4 Å². The predicted octanol–water partition coefficient (Wildman–Crippen LogP) is 2.17. The summed E-state index contributed by atoms with van der Waals surface area (Å²) in [6.45, 7) is 5.69. The summed E-state index contributed by atoms with van der Waals surface area (Å²) in [5.74, 6) is 2.15. The minimum absolute atomic E-state index is 0.183. The normalized spacial score (nSPS) is 10.5. The highest BCUT2D eigenvalue weighted by molar-refractivity contribution is 5.95. The van der Waals surface area contributed by atoms with Crippen LogP contribution in [0.25, 0.3) is 0 Å². The third-order valence-electron chi connectivity index (χ3n) is 2.60. The van der Waals surface area contributed by atoms with Crippen LogP contribution in [-0.2, 0) is 0 Å². The van der Waals surface area contributed by atoms with Crippen molar-refractivity contribution in [2.75, 3.05) is 11.9 Å². The molecule has 1 amide bonds. The molecule has 0 radical (unpaired) electrons. The zero-order valence-corrected chi connectivity index (χ0v) is 11.7. The van der Waals surface area contributed by atoms with Crippen LogP contribution in [0.3, 0.4) is 0 Å². The monoisotopic (exact) mass is 275 g/mol. The maximum absolute atomic E-state index is 11.7. The predicted molar refractivity (Wildman–Crippen MR) is 77.6 cm³/mol. The standard InChI is InChI=1S/C14H17N3O3/c1-5-14(3,4)16-11-8-7-10(13(18)15-6-2)9-12(11)17(19)20/h1,7-9,16H,6H2,2-4H3,(H,15,18). The molecular weight excluding hydrogens is 258 g/mol. The van der Waals surface area contributed by atoms with Crippen molar-refractivity contribution in [1.82, 2.24) is 5.32 Å². The summed E-state index contributed by atoms with van der Waals surface area (Å²) in [6.07, 6.45) is 5.35. The average Bonchev–Trinajstić information content (AvgIpc) is 2.38. The van der Waals surface area contributed by atoms with Gasteiger partial charge in [-0.05, 0) is 32.9 Å². The highest BCUT2D eigenvalue weighted by Crippen LogP contribution is 2.28. The van der Waals surface area contributed by atoms with Crippen molar-refractivity contribution in [3.8, 4) is 12.3 Å². The molecule has 1 aromatic carbocycles. The number of terminal acetylenes is 1. The van der Waals surface area contributed by atoms with Crippen molar-refractivity contribution in [2.45, 2.75) is 26.3 Å². The van der Waals surface area contributed by atoms with E-state index >= 15 is 0 Å². The van der Waals surface area contributed by atoms with Gasteiger partial charge in [0.2, 0.25) is 0 Å². The van der Waals surface area contributed by atoms with Gasteiger partial charge in [-0.3, -0.25) is 14.9 Å². The number of amides is 1. The van der Waals surface area contributed by atoms with E-state index in [2.05, 4.69) is 16.6 Å². The van der Waals surface area contributed by atoms with Gasteiger partial charge in [0.15, 0.2) is 0 Å². The van der Waals surface area contributed by atoms with Gasteiger partial charge in [-0.15, -0.1) is 6.42 Å². The van der Waals surface area contributed by atoms with E-state index in [1.165, 1.54) is 18.2 Å². The number of nitrogens with one attached hydrogen (secondary N) is 2. The smallest absolute Gasteiger partial charge is 0.293 e. The first-order valence-corrected chi connectivity index (χ1v) is 6.13. The SMILES string of the molecule is C#CC(C)(C)Nc1ccc(C(=O)NCC)cc1[N+](=O)[O-]. The molecule has 0 fully saturated rings. The molecule has 0 bridgehead atoms. The van der Waals surface area contributed by atoms with Crippen molar-refractivity contribution in [1.29, 1.82) is 0 Å². The lowest BCUT2D eigenvalue weighted by Gasteiger charge is -2.21. The molecule has 0 aliphatic heterocycles. The molecule has 1 aromatic rings. The molecule has 0 aliphatic carbocycles. The number of benzene rings is 1. The fourth-order valence-corrected chi connectivity index (χ4v) is 1.57. The van der Waals surface area contributed by atoms with Gasteiger partial charge in [-0.2, -0.15) is 0 Å². The Bertz CT molecular complexity index is 574. The highest BCUT2D eigenvalue weighted by atomic mass is 16.6. The fourth-order valence-electron chi connectivity index (χ4n) is 1.57. The zero-order valence-electron chi connectivity index (χ0n) is 11.7. The molecule has 0 saturated carbocycles. The quantitative estimate of drug-likeness (QED) is 0.490. The number of hydrogen-bond acceptors (Lipinski definition) is 4. The molecule has 0 unspecified atom stereocenters. The van der Waals surface area contributed by atoms with Gasteiger partial charge in [0.1, 0.15) is 5.69 Å². The number of carbonyl (C=O) groups is 1. The zero-order chi connectivity index (χ0) is 15.3. The van der Waals surface area contributed by atoms with Crippen LogP contribution < -0.4 is 10.6 Å². The van der Waals surface area contributed by atoms with E-state index in [4.69, 9.17) is 6.42 Å². The van der Waals surface area contributed by atoms with Gasteiger partial charge in [0.05, 0.1) is 10.5 Å². The van der Waals surface area contributed by atoms with E-state index in [0.717, 1.165) is 0 Å². The van der Waals surface area contributed by atoms with Crippen LogP contribution in [0.15, 0.2) is 18.2 Å². The Morgan fingerprint density at radius 3 is 2.65 bits per heavy atom. The van der Waals surface area contributed by atoms with Crippen molar-refractivity contribution in [3.63, 3.8) is 0 Å². The van der Waals surface area contributed by atoms with Crippen LogP contribution in [0, 0.1) is 22.5 Å². The molecule has 0 aliphatic rings. The van der Waals surface area contributed by atoms with Gasteiger partial charge >= 0.3 is 0 Å². The topological polar surface area (TPSA) is 84.3 Å². The Hall–Kier alpha value is -2.55. The Kier molecular flexibility index (Phi) is 4.70. The second-order valence-electron chi connectivity index (χ2n) is 4.74. The summed E-state index contributed by atoms with van der Waals surface area (Å²) in [5, 5.41) is 16.6. The van der Waals surface area contributed by atoms with E-state index in [9.17, 15) is 14.9 Å². The Morgan fingerprint density at radius 1 is 1.50 bits per heavy atom. The van der Waals surface area contributed by atoms with E-state index in [1.54, 1.807) is 20.8 Å². The van der Waals surface area contributed by atoms with Gasteiger partial charge < -0.3 is 10.6 Å². The summed E-state index contributed by atoms with van der Waals surface area (Å²) >= 11 is 0. The Morgan fingerprint density at radius 2 is 2.15 bits per heavy atom. The summed E-state index contributed by atoms with van der Waals surface area (Å²) in [5.41, 5.74) is -0.386. The minimum Gasteiger partial charge on any atom is -0.364 e. The highest BCUT2D eigenvalue weighted by Gasteiger charge is 2.22. The maximum atomic E-state index is 11.7. The van der Waals surface area contributed by atoms with Crippen molar-refractivity contribution in [3.05, 3.63) is 33.9 Å². The number of nitro benzene ring substituents is 1. The van der Waals surface area contributed by atoms with Crippen LogP contribution in [-0.4, -0.2) is 22.9 Å². The minimum atomic E-state index is -0.724. The molecule has 106 valence electrons. The number of nitro groups is 1. The van der Waals surface area contributed by atoms with Crippen LogP contribution >= 0.6 is 0 Å². The Balaban J connectivity index is 3.19. The van der Waals surface area contributed by atoms with E-state index < -0.39 is 10.5 Å². The first-order valence-electron chi connectivity index (χ1n) is 6.13. The number of hydrogen-bond donors (Lipinski definition) is 2. The van der Waals surface area contributed by atoms with Crippen molar-refractivity contribution in [2.24, 2.45) is 0 Å². The number of nitrogens with zero attached hydrogens (tertiary/aromatic N) is 1. The molecule has 0 spiro atoms. The van der Waals surface area contributed by atoms with Gasteiger partial charge in [-0.25, -0.2) is 0 Å². The van der Waals surface area contributed by atoms with Gasteiger partial charge in [-0.1, -0.05) is 5.92 Å². The largest absolute Gasteiger partial charge is 0.364 e. The third-order valence-corrected chi connectivity index (χ3v) is 2.60. The van der Waals surface area contributed by atoms with E-state index in [-0.39, 0.29) is 22.8 Å². The van der Waals surface area contributed by atoms with Crippen LogP contribution in [0.2, 0.25) is 0 Å². The fraction of sp³-hybridized carbons (Fsp3) is 0.357. The number of anilines is 1. The molecule has 0 aromatic heterocycles. The summed E-state index contributed by atoms with van der Waals surface area (Å²) in [7, 11) is 0. The molecule has 0 saturated heterocycles. The lowest BCUT2D eigenvalue weighted by Crippen LogP contribution is -2.29. The lowest BCUT2D eigenvalue weighted by atomic mass is 10.1. The van der Waals surface area contributed by atoms with Crippen molar-refractivity contribution >= 4 is 17.3 Å². The summed E-state index contributed by atoms with van der Waals surface area (Å²) in [6, 6.07) is 4.24. The first-order chi connectivity index (χ1) is 9.30. The first kappa shape index (κ1) is 15.5. The van der Waals surface area contributed by atoms with Crippen LogP contribution in [0.1, 0.15) is 31.1 Å². The maximum Gasteiger partial charge on any atom is 0.293 e. The average molecular weight is 275 g/mol. The molecule has 0 atom stereocenters. The second kappa shape index (κ2) is 6.06. The summed E-state index contributed by atoms with van der Waals surface area (Å²) < 4.78 is 0. The molecule has 6 heteroatoms. The van der Waals surface area contributed by atoms with Crippen LogP contribution in [0.5, 0.6) is 0 Å². The van der Waals surface area contributed by atoms with Crippen molar-refractivity contribution < 1.29 is 9.72 Å². The van der Waals surface area contributed by atoms with E-state index in [1.807, 2.05) is 0 Å². The molecule has 1 rings (SSSR count).